The Morgan fingerprint density at radius 2 is 1.27 bits per heavy atom. The zero-order chi connectivity index (χ0) is 31.8. The first-order valence-corrected chi connectivity index (χ1v) is 14.0. The van der Waals surface area contributed by atoms with Gasteiger partial charge in [-0.2, -0.15) is 0 Å². The summed E-state index contributed by atoms with van der Waals surface area (Å²) < 4.78 is 27.0. The number of ether oxygens (including phenoxy) is 5. The Morgan fingerprint density at radius 1 is 0.780 bits per heavy atom. The standard InChI is InChI=1S/C31H49NO9/c1-12-31(10,11)41-28(36)38-20(3)19(2)37-27(35)22(32)15-21-13-14-23(39-25(33)17-29(4,5)6)24(16-21)40-26(34)18-30(7,8)9/h13-14,16,19-20,22H,12,15,17-18,32H2,1-11H3/t19-,20-,22-/m0/s1. The highest BCUT2D eigenvalue weighted by atomic mass is 16.7. The van der Waals surface area contributed by atoms with E-state index in [4.69, 9.17) is 29.4 Å². The zero-order valence-corrected chi connectivity index (χ0v) is 26.5. The van der Waals surface area contributed by atoms with Crippen LogP contribution < -0.4 is 15.2 Å². The molecule has 0 heterocycles. The topological polar surface area (TPSA) is 140 Å². The van der Waals surface area contributed by atoms with Crippen molar-refractivity contribution >= 4 is 24.1 Å². The predicted molar refractivity (Wildman–Crippen MR) is 154 cm³/mol. The summed E-state index contributed by atoms with van der Waals surface area (Å²) in [5.74, 6) is -1.51. The summed E-state index contributed by atoms with van der Waals surface area (Å²) in [6.45, 7) is 20.0. The SMILES string of the molecule is CCC(C)(C)OC(=O)O[C@@H](C)[C@H](C)OC(=O)[C@@H](N)Cc1ccc(OC(=O)CC(C)(C)C)c(OC(=O)CC(C)(C)C)c1. The molecule has 0 saturated heterocycles. The van der Waals surface area contributed by atoms with Gasteiger partial charge in [0.1, 0.15) is 23.9 Å². The molecular formula is C31H49NO9. The Hall–Kier alpha value is -3.14. The van der Waals surface area contributed by atoms with Gasteiger partial charge in [-0.1, -0.05) is 54.5 Å². The smallest absolute Gasteiger partial charge is 0.458 e. The van der Waals surface area contributed by atoms with Gasteiger partial charge in [0, 0.05) is 0 Å². The molecule has 10 heteroatoms. The van der Waals surface area contributed by atoms with Crippen molar-refractivity contribution in [3.63, 3.8) is 0 Å². The number of hydrogen-bond acceptors (Lipinski definition) is 10. The van der Waals surface area contributed by atoms with E-state index in [1.807, 2.05) is 48.5 Å². The summed E-state index contributed by atoms with van der Waals surface area (Å²) in [5, 5.41) is 0. The second-order valence-electron chi connectivity index (χ2n) is 13.4. The van der Waals surface area contributed by atoms with E-state index in [1.165, 1.54) is 12.1 Å². The number of rotatable bonds is 12. The van der Waals surface area contributed by atoms with Crippen molar-refractivity contribution in [3.8, 4) is 11.5 Å². The maximum atomic E-state index is 12.7. The van der Waals surface area contributed by atoms with Crippen molar-refractivity contribution in [2.24, 2.45) is 16.6 Å². The number of esters is 3. The second-order valence-corrected chi connectivity index (χ2v) is 13.4. The molecule has 0 radical (unpaired) electrons. The molecule has 232 valence electrons. The molecule has 10 nitrogen and oxygen atoms in total. The number of carbonyl (C=O) groups is 4. The molecule has 1 aromatic rings. The maximum Gasteiger partial charge on any atom is 0.509 e. The van der Waals surface area contributed by atoms with Gasteiger partial charge in [-0.05, 0) is 69.1 Å². The molecule has 0 bridgehead atoms. The average Bonchev–Trinajstić information content (AvgIpc) is 2.77. The van der Waals surface area contributed by atoms with Crippen LogP contribution in [0.5, 0.6) is 11.5 Å². The molecule has 1 aromatic carbocycles. The van der Waals surface area contributed by atoms with Crippen LogP contribution in [0, 0.1) is 10.8 Å². The van der Waals surface area contributed by atoms with Crippen LogP contribution in [0.25, 0.3) is 0 Å². The summed E-state index contributed by atoms with van der Waals surface area (Å²) in [6.07, 6.45) is -1.46. The third-order valence-electron chi connectivity index (χ3n) is 6.02. The van der Waals surface area contributed by atoms with Crippen LogP contribution in [0.15, 0.2) is 18.2 Å². The second kappa shape index (κ2) is 14.7. The minimum absolute atomic E-state index is 0.0492. The van der Waals surface area contributed by atoms with Crippen LogP contribution in [0.4, 0.5) is 4.79 Å². The van der Waals surface area contributed by atoms with Gasteiger partial charge < -0.3 is 29.4 Å². The van der Waals surface area contributed by atoms with Crippen molar-refractivity contribution in [1.29, 1.82) is 0 Å². The van der Waals surface area contributed by atoms with Gasteiger partial charge in [0.05, 0.1) is 12.8 Å². The molecule has 0 aliphatic heterocycles. The monoisotopic (exact) mass is 579 g/mol. The highest BCUT2D eigenvalue weighted by molar-refractivity contribution is 5.78. The Bertz CT molecular complexity index is 1070. The predicted octanol–water partition coefficient (Wildman–Crippen LogP) is 5.90. The molecule has 0 fully saturated rings. The maximum absolute atomic E-state index is 12.7. The van der Waals surface area contributed by atoms with Crippen molar-refractivity contribution < 1.29 is 42.9 Å². The highest BCUT2D eigenvalue weighted by Crippen LogP contribution is 2.32. The van der Waals surface area contributed by atoms with Crippen molar-refractivity contribution in [2.75, 3.05) is 0 Å². The van der Waals surface area contributed by atoms with Crippen LogP contribution in [0.2, 0.25) is 0 Å². The summed E-state index contributed by atoms with van der Waals surface area (Å²) in [5.41, 5.74) is 5.40. The third-order valence-corrected chi connectivity index (χ3v) is 6.02. The number of benzene rings is 1. The number of hydrogen-bond donors (Lipinski definition) is 1. The fourth-order valence-corrected chi connectivity index (χ4v) is 3.30. The van der Waals surface area contributed by atoms with Gasteiger partial charge in [0.15, 0.2) is 11.5 Å². The lowest BCUT2D eigenvalue weighted by Crippen LogP contribution is -2.40. The summed E-state index contributed by atoms with van der Waals surface area (Å²) >= 11 is 0. The first-order valence-electron chi connectivity index (χ1n) is 14.0. The van der Waals surface area contributed by atoms with E-state index < -0.39 is 47.9 Å². The Balaban J connectivity index is 2.97. The quantitative estimate of drug-likeness (QED) is 0.235. The van der Waals surface area contributed by atoms with Gasteiger partial charge >= 0.3 is 24.1 Å². The van der Waals surface area contributed by atoms with E-state index in [1.54, 1.807) is 33.8 Å². The first-order chi connectivity index (χ1) is 18.6. The molecule has 1 rings (SSSR count). The first kappa shape index (κ1) is 35.9. The van der Waals surface area contributed by atoms with Gasteiger partial charge in [-0.3, -0.25) is 14.4 Å². The number of carbonyl (C=O) groups excluding carboxylic acids is 4. The molecular weight excluding hydrogens is 530 g/mol. The molecule has 2 N–H and O–H groups in total. The van der Waals surface area contributed by atoms with Gasteiger partial charge in [0.2, 0.25) is 0 Å². The molecule has 0 spiro atoms. The highest BCUT2D eigenvalue weighted by Gasteiger charge is 2.28. The molecule has 0 saturated carbocycles. The van der Waals surface area contributed by atoms with Crippen LogP contribution in [0.3, 0.4) is 0 Å². The largest absolute Gasteiger partial charge is 0.509 e. The van der Waals surface area contributed by atoms with Crippen LogP contribution >= 0.6 is 0 Å². The normalized spacial score (nSPS) is 14.3. The van der Waals surface area contributed by atoms with Gasteiger partial charge in [-0.25, -0.2) is 4.79 Å². The van der Waals surface area contributed by atoms with Crippen LogP contribution in [-0.4, -0.2) is 47.9 Å². The summed E-state index contributed by atoms with van der Waals surface area (Å²) in [4.78, 5) is 49.8. The van der Waals surface area contributed by atoms with E-state index in [-0.39, 0.29) is 41.6 Å². The fraction of sp³-hybridized carbons (Fsp3) is 0.677. The average molecular weight is 580 g/mol. The summed E-state index contributed by atoms with van der Waals surface area (Å²) in [7, 11) is 0. The minimum Gasteiger partial charge on any atom is -0.458 e. The molecule has 3 atom stereocenters. The van der Waals surface area contributed by atoms with E-state index in [0.29, 0.717) is 12.0 Å². The molecule has 0 amide bonds. The Labute approximate surface area is 244 Å². The van der Waals surface area contributed by atoms with E-state index in [0.717, 1.165) is 0 Å². The van der Waals surface area contributed by atoms with Crippen molar-refractivity contribution in [1.82, 2.24) is 0 Å². The Morgan fingerprint density at radius 3 is 1.76 bits per heavy atom. The lowest BCUT2D eigenvalue weighted by molar-refractivity contribution is -0.156. The van der Waals surface area contributed by atoms with Crippen molar-refractivity contribution in [2.45, 2.75) is 126 Å². The zero-order valence-electron chi connectivity index (χ0n) is 26.5. The van der Waals surface area contributed by atoms with Gasteiger partial charge in [0.25, 0.3) is 0 Å². The van der Waals surface area contributed by atoms with E-state index >= 15 is 0 Å². The van der Waals surface area contributed by atoms with Gasteiger partial charge in [-0.15, -0.1) is 0 Å². The lowest BCUT2D eigenvalue weighted by atomic mass is 9.92. The van der Waals surface area contributed by atoms with E-state index in [2.05, 4.69) is 0 Å². The minimum atomic E-state index is -1.07. The molecule has 0 aliphatic carbocycles. The fourth-order valence-electron chi connectivity index (χ4n) is 3.30. The summed E-state index contributed by atoms with van der Waals surface area (Å²) in [6, 6.07) is 3.60. The van der Waals surface area contributed by atoms with Crippen LogP contribution in [-0.2, 0) is 35.0 Å². The third kappa shape index (κ3) is 14.4. The molecule has 0 aromatic heterocycles. The molecule has 0 unspecified atom stereocenters. The van der Waals surface area contributed by atoms with E-state index in [9.17, 15) is 19.2 Å². The lowest BCUT2D eigenvalue weighted by Gasteiger charge is -2.26. The molecule has 0 aliphatic rings. The molecule has 41 heavy (non-hydrogen) atoms. The number of nitrogens with two attached hydrogens (primary N) is 1. The Kier molecular flexibility index (Phi) is 12.8. The van der Waals surface area contributed by atoms with Crippen LogP contribution in [0.1, 0.15) is 101 Å². The van der Waals surface area contributed by atoms with Crippen molar-refractivity contribution in [3.05, 3.63) is 23.8 Å².